The lowest BCUT2D eigenvalue weighted by Gasteiger charge is -2.15. The average Bonchev–Trinajstić information content (AvgIpc) is 3.36. The van der Waals surface area contributed by atoms with E-state index in [4.69, 9.17) is 11.6 Å². The Hall–Kier alpha value is -3.17. The van der Waals surface area contributed by atoms with Gasteiger partial charge >= 0.3 is 6.03 Å². The third kappa shape index (κ3) is 4.07. The van der Waals surface area contributed by atoms with Crippen LogP contribution < -0.4 is 4.72 Å². The van der Waals surface area contributed by atoms with Crippen molar-refractivity contribution in [1.29, 1.82) is 0 Å². The first-order valence-electron chi connectivity index (χ1n) is 9.07. The fraction of sp³-hybridized carbons (Fsp3) is 0.150. The van der Waals surface area contributed by atoms with Crippen LogP contribution in [-0.4, -0.2) is 41.5 Å². The van der Waals surface area contributed by atoms with E-state index < -0.39 is 16.1 Å². The minimum Gasteiger partial charge on any atom is -0.274 e. The summed E-state index contributed by atoms with van der Waals surface area (Å²) in [5.41, 5.74) is 2.42. The fourth-order valence-electron chi connectivity index (χ4n) is 3.21. The Labute approximate surface area is 178 Å². The van der Waals surface area contributed by atoms with E-state index in [1.54, 1.807) is 19.2 Å². The highest BCUT2D eigenvalue weighted by atomic mass is 35.5. The molecule has 10 heteroatoms. The molecule has 0 aliphatic carbocycles. The third-order valence-electron chi connectivity index (χ3n) is 4.68. The minimum absolute atomic E-state index is 0.200. The number of aryl methyl sites for hydroxylation is 1. The van der Waals surface area contributed by atoms with Gasteiger partial charge < -0.3 is 0 Å². The molecule has 1 unspecified atom stereocenters. The average molecular weight is 444 g/mol. The van der Waals surface area contributed by atoms with Crippen molar-refractivity contribution in [3.05, 3.63) is 83.0 Å². The monoisotopic (exact) mass is 443 g/mol. The summed E-state index contributed by atoms with van der Waals surface area (Å²) < 4.78 is 28.3. The van der Waals surface area contributed by atoms with Gasteiger partial charge in [-0.05, 0) is 29.3 Å². The van der Waals surface area contributed by atoms with Gasteiger partial charge in [0.05, 0.1) is 12.3 Å². The van der Waals surface area contributed by atoms with E-state index in [2.05, 4.69) is 10.2 Å². The van der Waals surface area contributed by atoms with Crippen molar-refractivity contribution >= 4 is 33.4 Å². The van der Waals surface area contributed by atoms with Gasteiger partial charge in [-0.25, -0.2) is 14.5 Å². The van der Waals surface area contributed by atoms with E-state index >= 15 is 0 Å². The molecule has 0 radical (unpaired) electrons. The third-order valence-corrected chi connectivity index (χ3v) is 6.14. The second kappa shape index (κ2) is 7.92. The van der Waals surface area contributed by atoms with E-state index in [1.165, 1.54) is 16.9 Å². The number of carbonyl (C=O) groups is 1. The first kappa shape index (κ1) is 20.1. The van der Waals surface area contributed by atoms with Crippen molar-refractivity contribution in [3.63, 3.8) is 0 Å². The van der Waals surface area contributed by atoms with Gasteiger partial charge in [-0.1, -0.05) is 54.1 Å². The lowest BCUT2D eigenvalue weighted by atomic mass is 9.91. The summed E-state index contributed by atoms with van der Waals surface area (Å²) in [5, 5.41) is 9.75. The van der Waals surface area contributed by atoms with Crippen LogP contribution in [0.15, 0.2) is 77.0 Å². The molecule has 0 spiro atoms. The zero-order chi connectivity index (χ0) is 21.3. The van der Waals surface area contributed by atoms with Crippen LogP contribution in [0.4, 0.5) is 4.79 Å². The summed E-state index contributed by atoms with van der Waals surface area (Å²) in [6.07, 6.45) is 1.48. The number of nitrogens with zero attached hydrogens (tertiary/aromatic N) is 4. The molecule has 0 fully saturated rings. The molecule has 2 heterocycles. The predicted octanol–water partition coefficient (Wildman–Crippen LogP) is 2.98. The van der Waals surface area contributed by atoms with Crippen molar-refractivity contribution in [3.8, 4) is 0 Å². The number of rotatable bonds is 4. The van der Waals surface area contributed by atoms with Gasteiger partial charge in [0.2, 0.25) is 0 Å². The quantitative estimate of drug-likeness (QED) is 0.670. The maximum absolute atomic E-state index is 12.7. The van der Waals surface area contributed by atoms with Crippen LogP contribution in [-0.2, 0) is 17.1 Å². The van der Waals surface area contributed by atoms with Crippen LogP contribution in [0.2, 0.25) is 5.02 Å². The number of aromatic nitrogens is 2. The Bertz CT molecular complexity index is 1210. The molecule has 0 bridgehead atoms. The normalized spacial score (nSPS) is 16.4. The van der Waals surface area contributed by atoms with E-state index in [9.17, 15) is 13.2 Å². The van der Waals surface area contributed by atoms with Gasteiger partial charge in [0, 0.05) is 24.2 Å². The molecule has 154 valence electrons. The minimum atomic E-state index is -4.11. The number of hydrogen-bond acceptors (Lipinski definition) is 5. The van der Waals surface area contributed by atoms with E-state index in [0.717, 1.165) is 16.1 Å². The molecule has 2 aromatic carbocycles. The van der Waals surface area contributed by atoms with E-state index in [0.29, 0.717) is 10.7 Å². The molecule has 1 aromatic heterocycles. The summed E-state index contributed by atoms with van der Waals surface area (Å²) in [6, 6.07) is 17.2. The number of hydrogen-bond donors (Lipinski definition) is 1. The van der Waals surface area contributed by atoms with Gasteiger partial charge in [0.25, 0.3) is 10.0 Å². The fourth-order valence-corrected chi connectivity index (χ4v) is 4.26. The van der Waals surface area contributed by atoms with Gasteiger partial charge in [-0.3, -0.25) is 4.68 Å². The van der Waals surface area contributed by atoms with E-state index in [1.807, 2.05) is 47.2 Å². The standard InChI is InChI=1S/C20H18ClN5O3S/c1-25-12-11-18(22-25)30(28,29)24-20(27)26-13-17(14-5-3-2-4-6-14)19(23-26)15-7-9-16(21)10-8-15/h2-12,17H,13H2,1H3,(H,24,27). The summed E-state index contributed by atoms with van der Waals surface area (Å²) >= 11 is 5.99. The summed E-state index contributed by atoms with van der Waals surface area (Å²) in [4.78, 5) is 12.7. The summed E-state index contributed by atoms with van der Waals surface area (Å²) in [5.74, 6) is -0.212. The molecule has 1 N–H and O–H groups in total. The first-order valence-corrected chi connectivity index (χ1v) is 10.9. The number of benzene rings is 2. The molecular formula is C20H18ClN5O3S. The lowest BCUT2D eigenvalue weighted by molar-refractivity contribution is 0.210. The lowest BCUT2D eigenvalue weighted by Crippen LogP contribution is -2.40. The first-order chi connectivity index (χ1) is 14.3. The summed E-state index contributed by atoms with van der Waals surface area (Å²) in [7, 11) is -2.51. The Morgan fingerprint density at radius 2 is 1.80 bits per heavy atom. The SMILES string of the molecule is Cn1ccc(S(=O)(=O)NC(=O)N2CC(c3ccccc3)C(c3ccc(Cl)cc3)=N2)n1. The van der Waals surface area contributed by atoms with Crippen molar-refractivity contribution in [2.75, 3.05) is 6.54 Å². The molecule has 4 rings (SSSR count). The van der Waals surface area contributed by atoms with Crippen LogP contribution in [0.5, 0.6) is 0 Å². The Balaban J connectivity index is 1.63. The number of nitrogens with one attached hydrogen (secondary N) is 1. The molecule has 30 heavy (non-hydrogen) atoms. The van der Waals surface area contributed by atoms with Gasteiger partial charge in [-0.2, -0.15) is 18.6 Å². The van der Waals surface area contributed by atoms with Crippen molar-refractivity contribution in [1.82, 2.24) is 19.5 Å². The molecule has 2 amide bonds. The van der Waals surface area contributed by atoms with Crippen LogP contribution in [0, 0.1) is 0 Å². The molecule has 1 aliphatic rings. The molecule has 3 aromatic rings. The Morgan fingerprint density at radius 1 is 1.10 bits per heavy atom. The second-order valence-corrected chi connectivity index (χ2v) is 8.84. The van der Waals surface area contributed by atoms with Crippen molar-refractivity contribution < 1.29 is 13.2 Å². The summed E-state index contributed by atoms with van der Waals surface area (Å²) in [6.45, 7) is 0.200. The number of urea groups is 1. The number of sulfonamides is 1. The largest absolute Gasteiger partial charge is 0.351 e. The van der Waals surface area contributed by atoms with Crippen LogP contribution in [0.25, 0.3) is 0 Å². The van der Waals surface area contributed by atoms with E-state index in [-0.39, 0.29) is 17.5 Å². The van der Waals surface area contributed by atoms with Crippen molar-refractivity contribution in [2.24, 2.45) is 12.1 Å². The van der Waals surface area contributed by atoms with Gasteiger partial charge in [-0.15, -0.1) is 0 Å². The second-order valence-electron chi connectivity index (χ2n) is 6.78. The van der Waals surface area contributed by atoms with Gasteiger partial charge in [0.15, 0.2) is 5.03 Å². The van der Waals surface area contributed by atoms with Gasteiger partial charge in [0.1, 0.15) is 0 Å². The maximum atomic E-state index is 12.7. The highest BCUT2D eigenvalue weighted by Gasteiger charge is 2.34. The topological polar surface area (TPSA) is 96.7 Å². The molecule has 0 saturated heterocycles. The highest BCUT2D eigenvalue weighted by molar-refractivity contribution is 7.90. The van der Waals surface area contributed by atoms with Crippen LogP contribution >= 0.6 is 11.6 Å². The zero-order valence-corrected chi connectivity index (χ0v) is 17.5. The maximum Gasteiger partial charge on any atom is 0.351 e. The Kier molecular flexibility index (Phi) is 5.31. The molecule has 1 atom stereocenters. The number of hydrazone groups is 1. The smallest absolute Gasteiger partial charge is 0.274 e. The van der Waals surface area contributed by atoms with Crippen molar-refractivity contribution in [2.45, 2.75) is 10.9 Å². The molecule has 1 aliphatic heterocycles. The number of amides is 2. The molecule has 0 saturated carbocycles. The zero-order valence-electron chi connectivity index (χ0n) is 15.9. The Morgan fingerprint density at radius 3 is 2.43 bits per heavy atom. The number of halogens is 1. The predicted molar refractivity (Wildman–Crippen MR) is 113 cm³/mol. The molecule has 8 nitrogen and oxygen atoms in total. The van der Waals surface area contributed by atoms with Crippen LogP contribution in [0.1, 0.15) is 17.0 Å². The highest BCUT2D eigenvalue weighted by Crippen LogP contribution is 2.29. The molecular weight excluding hydrogens is 426 g/mol. The number of carbonyl (C=O) groups excluding carboxylic acids is 1. The van der Waals surface area contributed by atoms with Crippen LogP contribution in [0.3, 0.4) is 0 Å².